The highest BCUT2D eigenvalue weighted by Gasteiger charge is 2.12. The van der Waals surface area contributed by atoms with E-state index in [2.05, 4.69) is 55.3 Å². The van der Waals surface area contributed by atoms with Crippen LogP contribution >= 0.6 is 0 Å². The summed E-state index contributed by atoms with van der Waals surface area (Å²) in [6.45, 7) is 4.28. The predicted molar refractivity (Wildman–Crippen MR) is 107 cm³/mol. The number of likely N-dealkylation sites (N-methyl/N-ethyl adjacent to an activating group) is 1. The summed E-state index contributed by atoms with van der Waals surface area (Å²) in [4.78, 5) is 21.5. The summed E-state index contributed by atoms with van der Waals surface area (Å²) in [5.74, 6) is -0.522. The van der Waals surface area contributed by atoms with Gasteiger partial charge in [0.2, 0.25) is 0 Å². The smallest absolute Gasteiger partial charge is 0.328 e. The molecular formula is C22H25NO5. The predicted octanol–water partition coefficient (Wildman–Crippen LogP) is 3.53. The highest BCUT2D eigenvalue weighted by Crippen LogP contribution is 2.30. The van der Waals surface area contributed by atoms with Gasteiger partial charge in [-0.15, -0.1) is 0 Å². The van der Waals surface area contributed by atoms with Crippen LogP contribution in [0, 0.1) is 6.92 Å². The fourth-order valence-corrected chi connectivity index (χ4v) is 2.81. The van der Waals surface area contributed by atoms with Crippen molar-refractivity contribution >= 4 is 11.9 Å². The van der Waals surface area contributed by atoms with Crippen molar-refractivity contribution in [2.45, 2.75) is 19.8 Å². The van der Waals surface area contributed by atoms with Crippen LogP contribution in [0.25, 0.3) is 0 Å². The van der Waals surface area contributed by atoms with Gasteiger partial charge in [0.05, 0.1) is 0 Å². The van der Waals surface area contributed by atoms with Gasteiger partial charge in [-0.25, -0.2) is 9.59 Å². The molecule has 3 rings (SSSR count). The lowest BCUT2D eigenvalue weighted by Crippen LogP contribution is -2.24. The molecule has 148 valence electrons. The Labute approximate surface area is 164 Å². The van der Waals surface area contributed by atoms with Crippen molar-refractivity contribution in [2.75, 3.05) is 20.1 Å². The summed E-state index contributed by atoms with van der Waals surface area (Å²) < 4.78 is 6.19. The van der Waals surface area contributed by atoms with Crippen LogP contribution < -0.4 is 4.74 Å². The van der Waals surface area contributed by atoms with Crippen molar-refractivity contribution in [1.82, 2.24) is 4.90 Å². The number of hydrogen-bond donors (Lipinski definition) is 2. The number of para-hydroxylation sites is 1. The molecule has 0 radical (unpaired) electrons. The first-order valence-electron chi connectivity index (χ1n) is 9.03. The van der Waals surface area contributed by atoms with E-state index in [4.69, 9.17) is 14.9 Å². The normalized spacial score (nSPS) is 14.1. The molecule has 0 unspecified atom stereocenters. The molecule has 1 aliphatic heterocycles. The molecule has 6 heteroatoms. The molecule has 1 heterocycles. The second-order valence-corrected chi connectivity index (χ2v) is 6.63. The summed E-state index contributed by atoms with van der Waals surface area (Å²) >= 11 is 0. The van der Waals surface area contributed by atoms with E-state index in [1.807, 2.05) is 6.07 Å². The number of benzene rings is 2. The second-order valence-electron chi connectivity index (χ2n) is 6.63. The number of aryl methyl sites for hydroxylation is 1. The zero-order valence-corrected chi connectivity index (χ0v) is 16.1. The first kappa shape index (κ1) is 21.2. The number of carboxylic acid groups (broad SMARTS) is 2. The van der Waals surface area contributed by atoms with E-state index in [0.717, 1.165) is 37.4 Å². The van der Waals surface area contributed by atoms with Crippen LogP contribution in [0.5, 0.6) is 11.5 Å². The number of nitrogens with zero attached hydrogens (tertiary/aromatic N) is 1. The van der Waals surface area contributed by atoms with Crippen molar-refractivity contribution in [3.63, 3.8) is 0 Å². The van der Waals surface area contributed by atoms with Gasteiger partial charge >= 0.3 is 11.9 Å². The minimum Gasteiger partial charge on any atom is -0.478 e. The zero-order chi connectivity index (χ0) is 20.5. The highest BCUT2D eigenvalue weighted by molar-refractivity contribution is 5.89. The third-order valence-electron chi connectivity index (χ3n) is 4.30. The summed E-state index contributed by atoms with van der Waals surface area (Å²) in [6, 6.07) is 14.8. The molecule has 6 nitrogen and oxygen atoms in total. The summed E-state index contributed by atoms with van der Waals surface area (Å²) in [5.41, 5.74) is 3.88. The molecule has 0 atom stereocenters. The lowest BCUT2D eigenvalue weighted by Gasteiger charge is -2.22. The van der Waals surface area contributed by atoms with Crippen molar-refractivity contribution in [3.8, 4) is 11.5 Å². The number of ether oxygens (including phenoxy) is 1. The average Bonchev–Trinajstić information content (AvgIpc) is 2.66. The van der Waals surface area contributed by atoms with Crippen LogP contribution in [0.1, 0.15) is 16.7 Å². The van der Waals surface area contributed by atoms with Crippen LogP contribution in [0.15, 0.2) is 54.6 Å². The standard InChI is InChI=1S/C18H21NO.C4H4O4/c1-14-7-8-18-16(13-14)10-12-19(2)11-9-15-5-3-4-6-17(15)20-18;5-3(6)1-2-4(7)8/h3-8,13H,9-12H2,1-2H3;1-2H,(H,5,6)(H,7,8)/b;2-1-. The first-order chi connectivity index (χ1) is 13.3. The molecule has 0 saturated carbocycles. The van der Waals surface area contributed by atoms with Gasteiger partial charge in [-0.1, -0.05) is 35.9 Å². The zero-order valence-electron chi connectivity index (χ0n) is 16.1. The number of aliphatic carboxylic acids is 2. The minimum absolute atomic E-state index is 0.558. The third kappa shape index (κ3) is 6.89. The molecule has 2 aromatic carbocycles. The van der Waals surface area contributed by atoms with Gasteiger partial charge in [-0.2, -0.15) is 0 Å². The quantitative estimate of drug-likeness (QED) is 0.772. The number of carboxylic acids is 2. The van der Waals surface area contributed by atoms with E-state index in [1.54, 1.807) is 0 Å². The average molecular weight is 383 g/mol. The van der Waals surface area contributed by atoms with Crippen LogP contribution in [0.3, 0.4) is 0 Å². The van der Waals surface area contributed by atoms with E-state index >= 15 is 0 Å². The second kappa shape index (κ2) is 10.3. The van der Waals surface area contributed by atoms with Crippen LogP contribution in [-0.2, 0) is 22.4 Å². The van der Waals surface area contributed by atoms with Crippen molar-refractivity contribution < 1.29 is 24.5 Å². The monoisotopic (exact) mass is 383 g/mol. The van der Waals surface area contributed by atoms with E-state index in [-0.39, 0.29) is 0 Å². The Kier molecular flexibility index (Phi) is 7.77. The third-order valence-corrected chi connectivity index (χ3v) is 4.30. The molecule has 0 bridgehead atoms. The molecule has 0 amide bonds. The number of rotatable bonds is 2. The fraction of sp³-hybridized carbons (Fsp3) is 0.273. The van der Waals surface area contributed by atoms with Gasteiger partial charge in [0.25, 0.3) is 0 Å². The first-order valence-corrected chi connectivity index (χ1v) is 9.03. The summed E-state index contributed by atoms with van der Waals surface area (Å²) in [7, 11) is 2.19. The molecule has 1 aliphatic rings. The molecule has 0 aliphatic carbocycles. The van der Waals surface area contributed by atoms with Gasteiger partial charge in [0.1, 0.15) is 11.5 Å². The number of hydrogen-bond acceptors (Lipinski definition) is 4. The molecule has 0 spiro atoms. The SMILES string of the molecule is Cc1ccc2c(c1)CCN(C)CCc1ccccc1O2.O=C(O)/C=C\C(=O)O. The van der Waals surface area contributed by atoms with E-state index in [1.165, 1.54) is 16.7 Å². The maximum atomic E-state index is 9.55. The maximum absolute atomic E-state index is 9.55. The Balaban J connectivity index is 0.000000300. The van der Waals surface area contributed by atoms with Gasteiger partial charge in [-0.05, 0) is 50.1 Å². The largest absolute Gasteiger partial charge is 0.478 e. The summed E-state index contributed by atoms with van der Waals surface area (Å²) in [6.07, 6.45) is 3.19. The number of fused-ring (bicyclic) bond motifs is 2. The number of carbonyl (C=O) groups is 2. The molecule has 2 aromatic rings. The van der Waals surface area contributed by atoms with E-state index in [9.17, 15) is 9.59 Å². The van der Waals surface area contributed by atoms with E-state index < -0.39 is 11.9 Å². The van der Waals surface area contributed by atoms with E-state index in [0.29, 0.717) is 12.2 Å². The molecule has 0 fully saturated rings. The molecule has 0 aromatic heterocycles. The van der Waals surface area contributed by atoms with Crippen LogP contribution in [-0.4, -0.2) is 47.2 Å². The van der Waals surface area contributed by atoms with Crippen molar-refractivity contribution in [3.05, 3.63) is 71.3 Å². The van der Waals surface area contributed by atoms with Crippen molar-refractivity contribution in [2.24, 2.45) is 0 Å². The van der Waals surface area contributed by atoms with Gasteiger partial charge in [0, 0.05) is 25.2 Å². The fourth-order valence-electron chi connectivity index (χ4n) is 2.81. The minimum atomic E-state index is -1.26. The Hall–Kier alpha value is -3.12. The molecule has 28 heavy (non-hydrogen) atoms. The topological polar surface area (TPSA) is 87.1 Å². The Morgan fingerprint density at radius 1 is 0.929 bits per heavy atom. The molecule has 2 N–H and O–H groups in total. The lowest BCUT2D eigenvalue weighted by atomic mass is 10.1. The summed E-state index contributed by atoms with van der Waals surface area (Å²) in [5, 5.41) is 15.6. The maximum Gasteiger partial charge on any atom is 0.328 e. The van der Waals surface area contributed by atoms with Gasteiger partial charge in [0.15, 0.2) is 0 Å². The Morgan fingerprint density at radius 2 is 1.50 bits per heavy atom. The van der Waals surface area contributed by atoms with Crippen LogP contribution in [0.2, 0.25) is 0 Å². The molecule has 0 saturated heterocycles. The highest BCUT2D eigenvalue weighted by atomic mass is 16.5. The Bertz CT molecular complexity index is 844. The van der Waals surface area contributed by atoms with Gasteiger partial charge in [-0.3, -0.25) is 0 Å². The lowest BCUT2D eigenvalue weighted by molar-refractivity contribution is -0.134. The van der Waals surface area contributed by atoms with Crippen molar-refractivity contribution in [1.29, 1.82) is 0 Å². The van der Waals surface area contributed by atoms with Gasteiger partial charge < -0.3 is 19.8 Å². The Morgan fingerprint density at radius 3 is 2.14 bits per heavy atom. The van der Waals surface area contributed by atoms with Crippen LogP contribution in [0.4, 0.5) is 0 Å². The molecular weight excluding hydrogens is 358 g/mol.